The van der Waals surface area contributed by atoms with Gasteiger partial charge in [-0.05, 0) is 66.3 Å². The molecular formula is C17H25BrN2O3. The number of benzene rings is 1. The van der Waals surface area contributed by atoms with Gasteiger partial charge in [0.1, 0.15) is 0 Å². The Hall–Kier alpha value is -1.27. The summed E-state index contributed by atoms with van der Waals surface area (Å²) in [6, 6.07) is 3.50. The molecule has 6 heteroatoms. The van der Waals surface area contributed by atoms with Crippen LogP contribution in [-0.2, 0) is 0 Å². The van der Waals surface area contributed by atoms with Crippen LogP contribution in [0, 0.1) is 5.92 Å². The zero-order valence-corrected chi connectivity index (χ0v) is 15.4. The maximum absolute atomic E-state index is 12.3. The van der Waals surface area contributed by atoms with Crippen LogP contribution in [-0.4, -0.2) is 39.3 Å². The van der Waals surface area contributed by atoms with Crippen LogP contribution >= 0.6 is 15.9 Å². The van der Waals surface area contributed by atoms with Crippen molar-refractivity contribution in [3.05, 3.63) is 22.2 Å². The van der Waals surface area contributed by atoms with Crippen molar-refractivity contribution >= 4 is 21.8 Å². The van der Waals surface area contributed by atoms with Gasteiger partial charge in [0.25, 0.3) is 5.91 Å². The van der Waals surface area contributed by atoms with Crippen LogP contribution in [0.5, 0.6) is 11.5 Å². The van der Waals surface area contributed by atoms with Crippen LogP contribution < -0.4 is 20.1 Å². The molecule has 1 atom stereocenters. The number of hydrogen-bond acceptors (Lipinski definition) is 4. The fourth-order valence-corrected chi connectivity index (χ4v) is 3.20. The highest BCUT2D eigenvalue weighted by Gasteiger charge is 2.17. The lowest BCUT2D eigenvalue weighted by molar-refractivity contribution is 0.0951. The highest BCUT2D eigenvalue weighted by molar-refractivity contribution is 9.10. The summed E-state index contributed by atoms with van der Waals surface area (Å²) in [5.74, 6) is 1.79. The average Bonchev–Trinajstić information content (AvgIpc) is 3.06. The minimum atomic E-state index is -0.0861. The molecule has 1 heterocycles. The Kier molecular flexibility index (Phi) is 7.17. The van der Waals surface area contributed by atoms with Crippen molar-refractivity contribution in [2.24, 2.45) is 5.92 Å². The molecule has 23 heavy (non-hydrogen) atoms. The first-order valence-electron chi connectivity index (χ1n) is 8.15. The molecule has 128 valence electrons. The normalized spacial score (nSPS) is 17.1. The van der Waals surface area contributed by atoms with Crippen molar-refractivity contribution in [2.45, 2.75) is 26.2 Å². The molecule has 1 aliphatic rings. The van der Waals surface area contributed by atoms with E-state index < -0.39 is 0 Å². The molecule has 1 amide bonds. The second-order valence-electron chi connectivity index (χ2n) is 5.74. The van der Waals surface area contributed by atoms with E-state index in [2.05, 4.69) is 26.6 Å². The highest BCUT2D eigenvalue weighted by Crippen LogP contribution is 2.36. The van der Waals surface area contributed by atoms with Gasteiger partial charge in [0.2, 0.25) is 0 Å². The van der Waals surface area contributed by atoms with Gasteiger partial charge in [0.05, 0.1) is 18.2 Å². The minimum Gasteiger partial charge on any atom is -0.493 e. The van der Waals surface area contributed by atoms with Gasteiger partial charge in [-0.25, -0.2) is 0 Å². The number of carbonyl (C=O) groups is 1. The number of ether oxygens (including phenoxy) is 2. The molecule has 2 N–H and O–H groups in total. The highest BCUT2D eigenvalue weighted by atomic mass is 79.9. The third-order valence-electron chi connectivity index (χ3n) is 3.94. The predicted molar refractivity (Wildman–Crippen MR) is 94.4 cm³/mol. The van der Waals surface area contributed by atoms with Gasteiger partial charge in [0, 0.05) is 12.1 Å². The molecule has 1 aromatic carbocycles. The first-order chi connectivity index (χ1) is 11.2. The fraction of sp³-hybridized carbons (Fsp3) is 0.588. The van der Waals surface area contributed by atoms with Crippen molar-refractivity contribution in [1.29, 1.82) is 0 Å². The Morgan fingerprint density at radius 3 is 2.96 bits per heavy atom. The first-order valence-corrected chi connectivity index (χ1v) is 8.94. The number of rotatable bonds is 8. The number of methoxy groups -OCH3 is 1. The van der Waals surface area contributed by atoms with Crippen LogP contribution in [0.4, 0.5) is 0 Å². The van der Waals surface area contributed by atoms with Gasteiger partial charge in [-0.15, -0.1) is 0 Å². The van der Waals surface area contributed by atoms with E-state index in [0.29, 0.717) is 36.1 Å². The zero-order chi connectivity index (χ0) is 16.7. The van der Waals surface area contributed by atoms with E-state index in [0.717, 1.165) is 30.4 Å². The van der Waals surface area contributed by atoms with Crippen molar-refractivity contribution in [3.63, 3.8) is 0 Å². The molecule has 1 fully saturated rings. The smallest absolute Gasteiger partial charge is 0.251 e. The molecule has 0 radical (unpaired) electrons. The molecule has 0 aliphatic carbocycles. The van der Waals surface area contributed by atoms with Gasteiger partial charge in [-0.2, -0.15) is 0 Å². The van der Waals surface area contributed by atoms with E-state index in [4.69, 9.17) is 9.47 Å². The van der Waals surface area contributed by atoms with E-state index in [-0.39, 0.29) is 5.91 Å². The summed E-state index contributed by atoms with van der Waals surface area (Å²) in [7, 11) is 1.58. The van der Waals surface area contributed by atoms with Gasteiger partial charge >= 0.3 is 0 Å². The fourth-order valence-electron chi connectivity index (χ4n) is 2.65. The van der Waals surface area contributed by atoms with Crippen molar-refractivity contribution in [3.8, 4) is 11.5 Å². The summed E-state index contributed by atoms with van der Waals surface area (Å²) >= 11 is 3.47. The molecule has 2 rings (SSSR count). The number of carbonyl (C=O) groups excluding carboxylic acids is 1. The third kappa shape index (κ3) is 5.11. The van der Waals surface area contributed by atoms with Crippen molar-refractivity contribution < 1.29 is 14.3 Å². The van der Waals surface area contributed by atoms with Gasteiger partial charge in [0.15, 0.2) is 11.5 Å². The van der Waals surface area contributed by atoms with Crippen LogP contribution in [0.25, 0.3) is 0 Å². The quantitative estimate of drug-likeness (QED) is 0.723. The molecule has 0 bridgehead atoms. The summed E-state index contributed by atoms with van der Waals surface area (Å²) in [6.45, 7) is 5.48. The Morgan fingerprint density at radius 1 is 1.48 bits per heavy atom. The number of amides is 1. The molecule has 1 saturated heterocycles. The van der Waals surface area contributed by atoms with E-state index >= 15 is 0 Å². The van der Waals surface area contributed by atoms with E-state index in [9.17, 15) is 4.79 Å². The Balaban J connectivity index is 1.97. The monoisotopic (exact) mass is 384 g/mol. The SMILES string of the molecule is CCCOc1c(Br)cc(C(=O)NCCC2CCNC2)cc1OC. The van der Waals surface area contributed by atoms with E-state index in [1.54, 1.807) is 19.2 Å². The summed E-state index contributed by atoms with van der Waals surface area (Å²) in [4.78, 5) is 12.3. The lowest BCUT2D eigenvalue weighted by atomic mass is 10.1. The maximum atomic E-state index is 12.3. The largest absolute Gasteiger partial charge is 0.493 e. The molecule has 0 spiro atoms. The van der Waals surface area contributed by atoms with Crippen molar-refractivity contribution in [1.82, 2.24) is 10.6 Å². The second-order valence-corrected chi connectivity index (χ2v) is 6.60. The number of halogens is 1. The molecule has 5 nitrogen and oxygen atoms in total. The molecule has 0 aromatic heterocycles. The Labute approximate surface area is 146 Å². The van der Waals surface area contributed by atoms with E-state index in [1.165, 1.54) is 6.42 Å². The number of hydrogen-bond donors (Lipinski definition) is 2. The molecule has 0 saturated carbocycles. The lowest BCUT2D eigenvalue weighted by Gasteiger charge is -2.14. The minimum absolute atomic E-state index is 0.0861. The predicted octanol–water partition coefficient (Wildman–Crippen LogP) is 2.98. The van der Waals surface area contributed by atoms with Crippen LogP contribution in [0.3, 0.4) is 0 Å². The Bertz CT molecular complexity index is 531. The zero-order valence-electron chi connectivity index (χ0n) is 13.8. The lowest BCUT2D eigenvalue weighted by Crippen LogP contribution is -2.26. The van der Waals surface area contributed by atoms with Crippen LogP contribution in [0.2, 0.25) is 0 Å². The second kappa shape index (κ2) is 9.13. The first kappa shape index (κ1) is 18.1. The average molecular weight is 385 g/mol. The molecular weight excluding hydrogens is 360 g/mol. The topological polar surface area (TPSA) is 59.6 Å². The van der Waals surface area contributed by atoms with Crippen LogP contribution in [0.1, 0.15) is 36.5 Å². The van der Waals surface area contributed by atoms with Crippen molar-refractivity contribution in [2.75, 3.05) is 33.4 Å². The standard InChI is InChI=1S/C17H25BrN2O3/c1-3-8-23-16-14(18)9-13(10-15(16)22-2)17(21)20-7-5-12-4-6-19-11-12/h9-10,12,19H,3-8,11H2,1-2H3,(H,20,21). The maximum Gasteiger partial charge on any atom is 0.251 e. The van der Waals surface area contributed by atoms with Gasteiger partial charge in [-0.1, -0.05) is 6.92 Å². The molecule has 1 aliphatic heterocycles. The number of nitrogens with one attached hydrogen (secondary N) is 2. The summed E-state index contributed by atoms with van der Waals surface area (Å²) in [6.07, 6.45) is 3.11. The van der Waals surface area contributed by atoms with Gasteiger partial charge in [-0.3, -0.25) is 4.79 Å². The summed E-state index contributed by atoms with van der Waals surface area (Å²) in [5.41, 5.74) is 0.571. The molecule has 1 aromatic rings. The molecule has 1 unspecified atom stereocenters. The summed E-state index contributed by atoms with van der Waals surface area (Å²) in [5, 5.41) is 6.32. The van der Waals surface area contributed by atoms with E-state index in [1.807, 2.05) is 6.92 Å². The third-order valence-corrected chi connectivity index (χ3v) is 4.53. The van der Waals surface area contributed by atoms with Crippen LogP contribution in [0.15, 0.2) is 16.6 Å². The Morgan fingerprint density at radius 2 is 2.30 bits per heavy atom. The van der Waals surface area contributed by atoms with Gasteiger partial charge < -0.3 is 20.1 Å². The summed E-state index contributed by atoms with van der Waals surface area (Å²) < 4.78 is 11.8.